The van der Waals surface area contributed by atoms with Crippen LogP contribution in [0, 0.1) is 0 Å². The third-order valence-corrected chi connectivity index (χ3v) is 5.93. The van der Waals surface area contributed by atoms with E-state index in [4.69, 9.17) is 46.4 Å². The first-order chi connectivity index (χ1) is 12.8. The summed E-state index contributed by atoms with van der Waals surface area (Å²) in [6.45, 7) is -0.227. The molecule has 2 amide bonds. The van der Waals surface area contributed by atoms with E-state index in [2.05, 4.69) is 4.98 Å². The highest BCUT2D eigenvalue weighted by atomic mass is 35.5. The Hall–Kier alpha value is -2.12. The number of nitrogens with zero attached hydrogens (tertiary/aromatic N) is 3. The second-order valence-corrected chi connectivity index (χ2v) is 7.23. The van der Waals surface area contributed by atoms with Crippen LogP contribution in [0.5, 0.6) is 0 Å². The third-order valence-electron chi connectivity index (χ3n) is 4.13. The van der Waals surface area contributed by atoms with Crippen molar-refractivity contribution in [1.82, 2.24) is 14.3 Å². The van der Waals surface area contributed by atoms with Crippen molar-refractivity contribution in [2.24, 2.45) is 0 Å². The molecule has 2 aromatic heterocycles. The number of amides is 2. The van der Waals surface area contributed by atoms with Gasteiger partial charge < -0.3 is 0 Å². The maximum absolute atomic E-state index is 12.7. The lowest BCUT2D eigenvalue weighted by Crippen LogP contribution is -2.30. The lowest BCUT2D eigenvalue weighted by atomic mass is 10.1. The summed E-state index contributed by atoms with van der Waals surface area (Å²) in [5, 5.41) is -0.499. The van der Waals surface area contributed by atoms with Gasteiger partial charge in [0.05, 0.1) is 43.5 Å². The van der Waals surface area contributed by atoms with Crippen LogP contribution in [0.25, 0.3) is 5.65 Å². The number of rotatable bonds is 2. The Morgan fingerprint density at radius 1 is 0.852 bits per heavy atom. The molecule has 0 bridgehead atoms. The Labute approximate surface area is 171 Å². The maximum atomic E-state index is 12.7. The van der Waals surface area contributed by atoms with Crippen molar-refractivity contribution in [3.05, 3.63) is 77.7 Å². The van der Waals surface area contributed by atoms with Crippen LogP contribution in [0.4, 0.5) is 0 Å². The van der Waals surface area contributed by atoms with Gasteiger partial charge in [-0.25, -0.2) is 4.98 Å². The maximum Gasteiger partial charge on any atom is 0.263 e. The number of carbonyl (C=O) groups is 2. The van der Waals surface area contributed by atoms with E-state index in [1.54, 1.807) is 24.4 Å². The van der Waals surface area contributed by atoms with Crippen LogP contribution in [-0.2, 0) is 6.54 Å². The Kier molecular flexibility index (Phi) is 4.39. The van der Waals surface area contributed by atoms with Gasteiger partial charge in [0.25, 0.3) is 17.4 Å². The van der Waals surface area contributed by atoms with Gasteiger partial charge in [-0.05, 0) is 12.1 Å². The predicted molar refractivity (Wildman–Crippen MR) is 102 cm³/mol. The summed E-state index contributed by atoms with van der Waals surface area (Å²) in [6, 6.07) is 6.30. The summed E-state index contributed by atoms with van der Waals surface area (Å²) >= 11 is 24.2. The highest BCUT2D eigenvalue weighted by molar-refractivity contribution is 6.55. The smallest absolute Gasteiger partial charge is 0.263 e. The first-order valence-electron chi connectivity index (χ1n) is 7.50. The summed E-state index contributed by atoms with van der Waals surface area (Å²) in [5.41, 5.74) is 0.0652. The van der Waals surface area contributed by atoms with Crippen LogP contribution in [0.1, 0.15) is 26.4 Å². The molecule has 0 radical (unpaired) electrons. The van der Waals surface area contributed by atoms with Crippen LogP contribution in [0.3, 0.4) is 0 Å². The molecule has 0 fully saturated rings. The Balaban J connectivity index is 1.80. The topological polar surface area (TPSA) is 71.8 Å². The average Bonchev–Trinajstić information content (AvgIpc) is 2.89. The van der Waals surface area contributed by atoms with Gasteiger partial charge in [-0.2, -0.15) is 0 Å². The largest absolute Gasteiger partial charge is 0.269 e. The monoisotopic (exact) mass is 441 g/mol. The molecule has 10 heteroatoms. The molecule has 1 aliphatic heterocycles. The number of halogens is 4. The molecule has 27 heavy (non-hydrogen) atoms. The van der Waals surface area contributed by atoms with Gasteiger partial charge in [-0.1, -0.05) is 52.5 Å². The van der Waals surface area contributed by atoms with E-state index < -0.39 is 11.8 Å². The zero-order chi connectivity index (χ0) is 19.5. The molecule has 136 valence electrons. The van der Waals surface area contributed by atoms with Gasteiger partial charge in [0, 0.05) is 12.3 Å². The third kappa shape index (κ3) is 2.72. The number of aromatic nitrogens is 2. The fraction of sp³-hybridized carbons (Fsp3) is 0.0588. The molecule has 3 heterocycles. The van der Waals surface area contributed by atoms with E-state index in [1.807, 2.05) is 0 Å². The van der Waals surface area contributed by atoms with E-state index in [0.29, 0.717) is 5.65 Å². The van der Waals surface area contributed by atoms with E-state index in [-0.39, 0.29) is 49.0 Å². The van der Waals surface area contributed by atoms with Crippen molar-refractivity contribution < 1.29 is 9.59 Å². The Bertz CT molecular complexity index is 1180. The molecule has 0 saturated carbocycles. The number of fused-ring (bicyclic) bond motifs is 2. The van der Waals surface area contributed by atoms with Crippen molar-refractivity contribution in [1.29, 1.82) is 0 Å². The molecule has 0 unspecified atom stereocenters. The molecule has 0 atom stereocenters. The molecule has 0 spiro atoms. The van der Waals surface area contributed by atoms with Crippen molar-refractivity contribution in [2.75, 3.05) is 0 Å². The summed E-state index contributed by atoms with van der Waals surface area (Å²) in [4.78, 5) is 42.9. The minimum Gasteiger partial charge on any atom is -0.269 e. The van der Waals surface area contributed by atoms with Gasteiger partial charge in [-0.15, -0.1) is 0 Å². The van der Waals surface area contributed by atoms with Gasteiger partial charge in [0.2, 0.25) is 0 Å². The minimum absolute atomic E-state index is 0.104. The molecular formula is C17H7Cl4N3O3. The minimum atomic E-state index is -0.685. The quantitative estimate of drug-likeness (QED) is 0.340. The first-order valence-corrected chi connectivity index (χ1v) is 9.02. The first kappa shape index (κ1) is 18.3. The normalized spacial score (nSPS) is 13.6. The van der Waals surface area contributed by atoms with E-state index >= 15 is 0 Å². The SMILES string of the molecule is O=C1c2c(Cl)c(Cl)c(Cl)c(Cl)c2C(=O)N1Cc1cc(=O)n2ccccc2n1. The van der Waals surface area contributed by atoms with Crippen LogP contribution >= 0.6 is 46.4 Å². The highest BCUT2D eigenvalue weighted by Gasteiger charge is 2.41. The van der Waals surface area contributed by atoms with Crippen molar-refractivity contribution in [3.63, 3.8) is 0 Å². The van der Waals surface area contributed by atoms with Crippen LogP contribution in [0.2, 0.25) is 20.1 Å². The van der Waals surface area contributed by atoms with Crippen molar-refractivity contribution >= 4 is 63.9 Å². The van der Waals surface area contributed by atoms with Gasteiger partial charge >= 0.3 is 0 Å². The van der Waals surface area contributed by atoms with E-state index in [0.717, 1.165) is 4.90 Å². The molecule has 3 aromatic rings. The fourth-order valence-electron chi connectivity index (χ4n) is 2.89. The zero-order valence-corrected chi connectivity index (χ0v) is 16.2. The number of carbonyl (C=O) groups excluding carboxylic acids is 2. The number of imide groups is 1. The number of hydrogen-bond acceptors (Lipinski definition) is 4. The molecule has 6 nitrogen and oxygen atoms in total. The summed E-state index contributed by atoms with van der Waals surface area (Å²) in [6.07, 6.45) is 1.57. The molecule has 1 aromatic carbocycles. The van der Waals surface area contributed by atoms with Gasteiger partial charge in [-0.3, -0.25) is 23.7 Å². The summed E-state index contributed by atoms with van der Waals surface area (Å²) in [7, 11) is 0. The lowest BCUT2D eigenvalue weighted by Gasteiger charge is -2.13. The number of benzene rings is 1. The van der Waals surface area contributed by atoms with Gasteiger partial charge in [0.1, 0.15) is 5.65 Å². The Morgan fingerprint density at radius 3 is 2.04 bits per heavy atom. The van der Waals surface area contributed by atoms with Crippen LogP contribution < -0.4 is 5.56 Å². The molecule has 1 aliphatic rings. The summed E-state index contributed by atoms with van der Waals surface area (Å²) in [5.74, 6) is -1.37. The molecule has 4 rings (SSSR count). The Morgan fingerprint density at radius 2 is 1.44 bits per heavy atom. The fourth-order valence-corrected chi connectivity index (χ4v) is 3.90. The second kappa shape index (κ2) is 6.49. The van der Waals surface area contributed by atoms with Crippen LogP contribution in [-0.4, -0.2) is 26.1 Å². The molecule has 0 N–H and O–H groups in total. The van der Waals surface area contributed by atoms with E-state index in [9.17, 15) is 14.4 Å². The summed E-state index contributed by atoms with van der Waals surface area (Å²) < 4.78 is 1.35. The molecule has 0 aliphatic carbocycles. The zero-order valence-electron chi connectivity index (χ0n) is 13.2. The van der Waals surface area contributed by atoms with Crippen molar-refractivity contribution in [3.8, 4) is 0 Å². The van der Waals surface area contributed by atoms with Crippen LogP contribution in [0.15, 0.2) is 35.3 Å². The van der Waals surface area contributed by atoms with E-state index in [1.165, 1.54) is 10.5 Å². The number of hydrogen-bond donors (Lipinski definition) is 0. The standard InChI is InChI=1S/C17H7Cl4N3O3/c18-12-10-11(13(19)15(21)14(12)20)17(27)24(16(10)26)6-7-5-9(25)23-4-2-1-3-8(23)22-7/h1-5H,6H2. The highest BCUT2D eigenvalue weighted by Crippen LogP contribution is 2.44. The van der Waals surface area contributed by atoms with Crippen molar-refractivity contribution in [2.45, 2.75) is 6.54 Å². The number of pyridine rings is 1. The molecule has 0 saturated heterocycles. The second-order valence-electron chi connectivity index (χ2n) is 5.72. The average molecular weight is 443 g/mol. The van der Waals surface area contributed by atoms with Gasteiger partial charge in [0.15, 0.2) is 0 Å². The lowest BCUT2D eigenvalue weighted by molar-refractivity contribution is 0.0640. The predicted octanol–water partition coefficient (Wildman–Crippen LogP) is 4.10. The molecular weight excluding hydrogens is 436 g/mol.